The number of nitrogens with one attached hydrogen (secondary N) is 1. The van der Waals surface area contributed by atoms with Crippen LogP contribution in [0.15, 0.2) is 0 Å². The molecule has 4 nitrogen and oxygen atoms in total. The minimum Gasteiger partial charge on any atom is -0.395 e. The molecule has 4 heteroatoms. The summed E-state index contributed by atoms with van der Waals surface area (Å²) < 4.78 is 0. The maximum Gasteiger partial charge on any atom is 0.0989 e. The lowest BCUT2D eigenvalue weighted by Gasteiger charge is -2.11. The van der Waals surface area contributed by atoms with Gasteiger partial charge in [-0.3, -0.25) is 0 Å². The normalized spacial score (nSPS) is 48.0. The largest absolute Gasteiger partial charge is 0.395 e. The zero-order valence-electron chi connectivity index (χ0n) is 5.86. The fraction of sp³-hybridized carbons (Fsp3) is 1.00. The third-order valence-electron chi connectivity index (χ3n) is 1.95. The minimum atomic E-state index is -0.833. The molecule has 4 atom stereocenters. The Bertz CT molecular complexity index is 120. The molecule has 0 spiro atoms. The highest BCUT2D eigenvalue weighted by atomic mass is 16.3. The molecule has 0 aromatic heterocycles. The summed E-state index contributed by atoms with van der Waals surface area (Å²) in [7, 11) is 0. The van der Waals surface area contributed by atoms with Crippen molar-refractivity contribution in [2.45, 2.75) is 31.2 Å². The Morgan fingerprint density at radius 3 is 2.10 bits per heavy atom. The second-order valence-electron chi connectivity index (χ2n) is 2.73. The Morgan fingerprint density at radius 1 is 1.30 bits per heavy atom. The van der Waals surface area contributed by atoms with Crippen LogP contribution in [0.2, 0.25) is 0 Å². The van der Waals surface area contributed by atoms with E-state index < -0.39 is 12.2 Å². The van der Waals surface area contributed by atoms with Crippen LogP contribution < -0.4 is 5.32 Å². The smallest absolute Gasteiger partial charge is 0.0989 e. The van der Waals surface area contributed by atoms with E-state index in [1.807, 2.05) is 0 Å². The van der Waals surface area contributed by atoms with Crippen molar-refractivity contribution < 1.29 is 15.3 Å². The van der Waals surface area contributed by atoms with Crippen LogP contribution in [0, 0.1) is 0 Å². The molecular formula is C6H13NO3. The first-order chi connectivity index (χ1) is 4.66. The van der Waals surface area contributed by atoms with Crippen molar-refractivity contribution in [1.82, 2.24) is 5.32 Å². The Kier molecular flexibility index (Phi) is 2.25. The average Bonchev–Trinajstić information content (AvgIpc) is 2.17. The molecule has 4 N–H and O–H groups in total. The molecule has 1 saturated heterocycles. The highest BCUT2D eigenvalue weighted by Gasteiger charge is 2.37. The highest BCUT2D eigenvalue weighted by Crippen LogP contribution is 2.12. The first-order valence-corrected chi connectivity index (χ1v) is 3.40. The summed E-state index contributed by atoms with van der Waals surface area (Å²) >= 11 is 0. The molecule has 3 unspecified atom stereocenters. The van der Waals surface area contributed by atoms with Gasteiger partial charge in [0.2, 0.25) is 0 Å². The molecular weight excluding hydrogens is 134 g/mol. The van der Waals surface area contributed by atoms with Crippen molar-refractivity contribution in [3.63, 3.8) is 0 Å². The summed E-state index contributed by atoms with van der Waals surface area (Å²) in [6.45, 7) is 1.63. The van der Waals surface area contributed by atoms with Crippen molar-refractivity contribution in [2.75, 3.05) is 6.61 Å². The maximum absolute atomic E-state index is 9.16. The van der Waals surface area contributed by atoms with E-state index in [9.17, 15) is 0 Å². The van der Waals surface area contributed by atoms with Gasteiger partial charge in [-0.2, -0.15) is 0 Å². The SMILES string of the molecule is CC1N[C@H](CO)C(O)C1O. The Hall–Kier alpha value is -0.160. The van der Waals surface area contributed by atoms with Crippen LogP contribution in [0.25, 0.3) is 0 Å². The van der Waals surface area contributed by atoms with Crippen molar-refractivity contribution in [3.05, 3.63) is 0 Å². The van der Waals surface area contributed by atoms with Gasteiger partial charge in [-0.05, 0) is 6.92 Å². The van der Waals surface area contributed by atoms with Crippen LogP contribution in [-0.2, 0) is 0 Å². The van der Waals surface area contributed by atoms with Gasteiger partial charge in [-0.15, -0.1) is 0 Å². The summed E-state index contributed by atoms with van der Waals surface area (Å²) in [6, 6.07) is -0.503. The maximum atomic E-state index is 9.16. The third kappa shape index (κ3) is 1.15. The van der Waals surface area contributed by atoms with Crippen LogP contribution in [0.1, 0.15) is 6.92 Å². The lowest BCUT2D eigenvalue weighted by atomic mass is 10.1. The molecule has 0 aromatic rings. The first kappa shape index (κ1) is 7.94. The number of rotatable bonds is 1. The first-order valence-electron chi connectivity index (χ1n) is 3.40. The predicted molar refractivity (Wildman–Crippen MR) is 35.5 cm³/mol. The number of hydrogen-bond acceptors (Lipinski definition) is 4. The molecule has 10 heavy (non-hydrogen) atoms. The van der Waals surface area contributed by atoms with Gasteiger partial charge in [0.05, 0.1) is 24.9 Å². The van der Waals surface area contributed by atoms with Gasteiger partial charge >= 0.3 is 0 Å². The van der Waals surface area contributed by atoms with Crippen molar-refractivity contribution in [3.8, 4) is 0 Å². The standard InChI is InChI=1S/C6H13NO3/c1-3-5(9)6(10)4(2-8)7-3/h3-10H,2H2,1H3/t3?,4-,5?,6?/m1/s1. The number of aliphatic hydroxyl groups excluding tert-OH is 3. The molecule has 0 saturated carbocycles. The summed E-state index contributed by atoms with van der Waals surface area (Å²) in [4.78, 5) is 0. The zero-order chi connectivity index (χ0) is 7.72. The van der Waals surface area contributed by atoms with Gasteiger partial charge in [-0.1, -0.05) is 0 Å². The van der Waals surface area contributed by atoms with Gasteiger partial charge in [0.1, 0.15) is 0 Å². The molecule has 1 rings (SSSR count). The number of hydrogen-bond donors (Lipinski definition) is 4. The fourth-order valence-electron chi connectivity index (χ4n) is 1.23. The van der Waals surface area contributed by atoms with Crippen LogP contribution >= 0.6 is 0 Å². The van der Waals surface area contributed by atoms with Gasteiger partial charge in [-0.25, -0.2) is 0 Å². The molecule has 1 fully saturated rings. The second-order valence-corrected chi connectivity index (χ2v) is 2.73. The quantitative estimate of drug-likeness (QED) is 0.348. The Labute approximate surface area is 59.5 Å². The Balaban J connectivity index is 2.53. The molecule has 0 radical (unpaired) electrons. The molecule has 60 valence electrons. The van der Waals surface area contributed by atoms with Gasteiger partial charge in [0.25, 0.3) is 0 Å². The average molecular weight is 147 g/mol. The fourth-order valence-corrected chi connectivity index (χ4v) is 1.23. The minimum absolute atomic E-state index is 0.132. The monoisotopic (exact) mass is 147 g/mol. The predicted octanol–water partition coefficient (Wildman–Crippen LogP) is -1.94. The van der Waals surface area contributed by atoms with Crippen molar-refractivity contribution >= 4 is 0 Å². The molecule has 1 heterocycles. The van der Waals surface area contributed by atoms with E-state index in [0.717, 1.165) is 0 Å². The van der Waals surface area contributed by atoms with Crippen LogP contribution in [0.4, 0.5) is 0 Å². The van der Waals surface area contributed by atoms with E-state index in [0.29, 0.717) is 0 Å². The van der Waals surface area contributed by atoms with E-state index >= 15 is 0 Å². The van der Waals surface area contributed by atoms with Crippen molar-refractivity contribution in [1.29, 1.82) is 0 Å². The van der Waals surface area contributed by atoms with Crippen molar-refractivity contribution in [2.24, 2.45) is 0 Å². The summed E-state index contributed by atoms with van der Waals surface area (Å²) in [5, 5.41) is 29.8. The van der Waals surface area contributed by atoms with Gasteiger partial charge < -0.3 is 20.6 Å². The van der Waals surface area contributed by atoms with Crippen LogP contribution in [0.3, 0.4) is 0 Å². The molecule has 0 aromatic carbocycles. The van der Waals surface area contributed by atoms with E-state index in [1.54, 1.807) is 6.92 Å². The summed E-state index contributed by atoms with van der Waals surface area (Å²) in [6.07, 6.45) is -1.59. The lowest BCUT2D eigenvalue weighted by molar-refractivity contribution is 0.0214. The molecule has 0 amide bonds. The van der Waals surface area contributed by atoms with E-state index in [-0.39, 0.29) is 18.7 Å². The van der Waals surface area contributed by atoms with Gasteiger partial charge in [0, 0.05) is 6.04 Å². The zero-order valence-corrected chi connectivity index (χ0v) is 5.86. The number of aliphatic hydroxyl groups is 3. The molecule has 1 aliphatic rings. The summed E-state index contributed by atoms with van der Waals surface area (Å²) in [5.41, 5.74) is 0. The third-order valence-corrected chi connectivity index (χ3v) is 1.95. The highest BCUT2D eigenvalue weighted by molar-refractivity contribution is 4.95. The van der Waals surface area contributed by atoms with Crippen LogP contribution in [-0.4, -0.2) is 46.2 Å². The van der Waals surface area contributed by atoms with E-state index in [1.165, 1.54) is 0 Å². The molecule has 1 aliphatic heterocycles. The topological polar surface area (TPSA) is 72.7 Å². The van der Waals surface area contributed by atoms with Gasteiger partial charge in [0.15, 0.2) is 0 Å². The Morgan fingerprint density at radius 2 is 1.90 bits per heavy atom. The second kappa shape index (κ2) is 2.84. The van der Waals surface area contributed by atoms with Crippen LogP contribution in [0.5, 0.6) is 0 Å². The van der Waals surface area contributed by atoms with E-state index in [2.05, 4.69) is 5.32 Å². The molecule has 0 aliphatic carbocycles. The van der Waals surface area contributed by atoms with E-state index in [4.69, 9.17) is 15.3 Å². The lowest BCUT2D eigenvalue weighted by Crippen LogP contribution is -2.36. The molecule has 0 bridgehead atoms. The summed E-state index contributed by atoms with van der Waals surface area (Å²) in [5.74, 6) is 0.